The van der Waals surface area contributed by atoms with Gasteiger partial charge in [0.15, 0.2) is 0 Å². The first kappa shape index (κ1) is 18.3. The van der Waals surface area contributed by atoms with Gasteiger partial charge in [0.05, 0.1) is 36.8 Å². The van der Waals surface area contributed by atoms with Gasteiger partial charge in [0.25, 0.3) is 5.56 Å². The molecule has 0 spiro atoms. The lowest BCUT2D eigenvalue weighted by Crippen LogP contribution is -2.32. The fraction of sp³-hybridized carbons (Fsp3) is 0.211. The number of nitrogen functional groups attached to an aromatic ring is 1. The number of nitrogens with zero attached hydrogens (tertiary/aromatic N) is 4. The van der Waals surface area contributed by atoms with Crippen LogP contribution in [0.3, 0.4) is 0 Å². The Morgan fingerprint density at radius 3 is 2.79 bits per heavy atom. The lowest BCUT2D eigenvalue weighted by Gasteiger charge is -2.29. The average Bonchev–Trinajstić information content (AvgIpc) is 3.04. The van der Waals surface area contributed by atoms with Crippen molar-refractivity contribution in [2.24, 2.45) is 0 Å². The van der Waals surface area contributed by atoms with Gasteiger partial charge in [-0.1, -0.05) is 11.6 Å². The Labute approximate surface area is 170 Å². The largest absolute Gasteiger partial charge is 0.497 e. The minimum absolute atomic E-state index is 0.110. The van der Waals surface area contributed by atoms with Crippen LogP contribution in [0.4, 0.5) is 10.7 Å². The molecule has 1 aliphatic heterocycles. The van der Waals surface area contributed by atoms with Crippen molar-refractivity contribution in [1.29, 1.82) is 5.26 Å². The summed E-state index contributed by atoms with van der Waals surface area (Å²) in [6.45, 7) is 1.17. The molecule has 3 aromatic rings. The molecule has 0 radical (unpaired) electrons. The number of ether oxygens (including phenoxy) is 1. The first-order valence-electron chi connectivity index (χ1n) is 8.50. The monoisotopic (exact) mass is 413 g/mol. The predicted octanol–water partition coefficient (Wildman–Crippen LogP) is 2.97. The molecular formula is C19H16ClN5O2S. The molecular weight excluding hydrogens is 398 g/mol. The summed E-state index contributed by atoms with van der Waals surface area (Å²) >= 11 is 7.83. The summed E-state index contributed by atoms with van der Waals surface area (Å²) < 4.78 is 6.40. The summed E-state index contributed by atoms with van der Waals surface area (Å²) in [5.41, 5.74) is 8.30. The van der Waals surface area contributed by atoms with Crippen LogP contribution in [0.15, 0.2) is 35.3 Å². The van der Waals surface area contributed by atoms with E-state index in [1.54, 1.807) is 37.6 Å². The zero-order chi connectivity index (χ0) is 19.8. The number of benzene rings is 1. The normalized spacial score (nSPS) is 13.1. The van der Waals surface area contributed by atoms with Crippen molar-refractivity contribution in [2.75, 3.05) is 24.3 Å². The van der Waals surface area contributed by atoms with E-state index in [1.807, 2.05) is 4.90 Å². The molecule has 3 heterocycles. The number of hydrogen-bond acceptors (Lipinski definition) is 7. The molecule has 0 atom stereocenters. The molecule has 0 unspecified atom stereocenters. The summed E-state index contributed by atoms with van der Waals surface area (Å²) in [6, 6.07) is 9.18. The average molecular weight is 414 g/mol. The van der Waals surface area contributed by atoms with Crippen molar-refractivity contribution in [3.8, 4) is 17.5 Å². The summed E-state index contributed by atoms with van der Waals surface area (Å²) in [5.74, 6) is 0.690. The van der Waals surface area contributed by atoms with Crippen LogP contribution in [0.1, 0.15) is 16.0 Å². The highest BCUT2D eigenvalue weighted by molar-refractivity contribution is 7.16. The van der Waals surface area contributed by atoms with Gasteiger partial charge >= 0.3 is 0 Å². The zero-order valence-corrected chi connectivity index (χ0v) is 16.5. The molecule has 0 fully saturated rings. The molecule has 2 aromatic heterocycles. The van der Waals surface area contributed by atoms with Gasteiger partial charge in [-0.25, -0.2) is 0 Å². The molecule has 0 saturated heterocycles. The number of rotatable bonds is 3. The molecule has 7 nitrogen and oxygen atoms in total. The number of halogens is 1. The van der Waals surface area contributed by atoms with E-state index < -0.39 is 5.56 Å². The molecule has 0 amide bonds. The summed E-state index contributed by atoms with van der Waals surface area (Å²) in [6.07, 6.45) is 2.27. The van der Waals surface area contributed by atoms with Gasteiger partial charge in [-0.05, 0) is 36.2 Å². The highest BCUT2D eigenvalue weighted by Gasteiger charge is 2.26. The number of thiophene rings is 1. The fourth-order valence-corrected chi connectivity index (χ4v) is 4.64. The molecule has 0 bridgehead atoms. The van der Waals surface area contributed by atoms with E-state index in [0.717, 1.165) is 10.4 Å². The maximum atomic E-state index is 12.8. The fourth-order valence-electron chi connectivity index (χ4n) is 3.30. The van der Waals surface area contributed by atoms with Crippen molar-refractivity contribution in [2.45, 2.75) is 13.0 Å². The van der Waals surface area contributed by atoms with Crippen LogP contribution >= 0.6 is 22.9 Å². The Morgan fingerprint density at radius 1 is 1.36 bits per heavy atom. The number of nitriles is 1. The molecule has 4 rings (SSSR count). The lowest BCUT2D eigenvalue weighted by molar-refractivity contribution is 0.414. The van der Waals surface area contributed by atoms with Crippen molar-refractivity contribution in [1.82, 2.24) is 9.78 Å². The smallest absolute Gasteiger partial charge is 0.292 e. The number of anilines is 2. The highest BCUT2D eigenvalue weighted by Crippen LogP contribution is 2.36. The highest BCUT2D eigenvalue weighted by atomic mass is 35.5. The number of hydrogen-bond donors (Lipinski definition) is 1. The zero-order valence-electron chi connectivity index (χ0n) is 15.0. The minimum atomic E-state index is -0.390. The third kappa shape index (κ3) is 2.99. The second-order valence-electron chi connectivity index (χ2n) is 6.29. The Morgan fingerprint density at radius 2 is 2.11 bits per heavy atom. The van der Waals surface area contributed by atoms with Crippen LogP contribution in [-0.4, -0.2) is 23.4 Å². The molecule has 142 valence electrons. The van der Waals surface area contributed by atoms with Gasteiger partial charge < -0.3 is 15.4 Å². The third-order valence-electron chi connectivity index (χ3n) is 4.75. The van der Waals surface area contributed by atoms with E-state index in [0.29, 0.717) is 47.2 Å². The quantitative estimate of drug-likeness (QED) is 0.708. The number of methoxy groups -OCH3 is 1. The van der Waals surface area contributed by atoms with Crippen LogP contribution in [0.2, 0.25) is 5.02 Å². The lowest BCUT2D eigenvalue weighted by atomic mass is 10.0. The summed E-state index contributed by atoms with van der Waals surface area (Å²) in [5, 5.41) is 14.2. The molecule has 0 aliphatic carbocycles. The van der Waals surface area contributed by atoms with Gasteiger partial charge in [0.1, 0.15) is 21.8 Å². The van der Waals surface area contributed by atoms with Gasteiger partial charge in [-0.2, -0.15) is 15.0 Å². The van der Waals surface area contributed by atoms with Crippen LogP contribution in [0.5, 0.6) is 5.75 Å². The molecule has 2 N–H and O–H groups in total. The van der Waals surface area contributed by atoms with E-state index in [9.17, 15) is 10.1 Å². The second kappa shape index (κ2) is 7.19. The first-order valence-corrected chi connectivity index (χ1v) is 9.70. The number of nitrogens with two attached hydrogens (primary N) is 1. The van der Waals surface area contributed by atoms with Crippen molar-refractivity contribution >= 4 is 33.6 Å². The predicted molar refractivity (Wildman–Crippen MR) is 110 cm³/mol. The van der Waals surface area contributed by atoms with E-state index in [-0.39, 0.29) is 5.02 Å². The SMILES string of the molecule is COc1ccc(-n2ncc(N3CCc4c(sc(N)c4C#N)C3)c(Cl)c2=O)cc1. The van der Waals surface area contributed by atoms with E-state index >= 15 is 0 Å². The summed E-state index contributed by atoms with van der Waals surface area (Å²) in [7, 11) is 1.58. The van der Waals surface area contributed by atoms with E-state index in [2.05, 4.69) is 11.2 Å². The van der Waals surface area contributed by atoms with Gasteiger partial charge in [-0.15, -0.1) is 11.3 Å². The van der Waals surface area contributed by atoms with Gasteiger partial charge in [0, 0.05) is 11.4 Å². The molecule has 28 heavy (non-hydrogen) atoms. The Kier molecular flexibility index (Phi) is 4.71. The standard InChI is InChI=1S/C19H16ClN5O2S/c1-27-12-4-2-11(3-5-12)25-19(26)17(20)15(9-23-25)24-7-6-13-14(8-21)18(22)28-16(13)10-24/h2-5,9H,6-7,10,22H2,1H3. The molecule has 1 aromatic carbocycles. The van der Waals surface area contributed by atoms with Crippen LogP contribution in [0, 0.1) is 11.3 Å². The topological polar surface area (TPSA) is 97.2 Å². The second-order valence-corrected chi connectivity index (χ2v) is 7.80. The van der Waals surface area contributed by atoms with Gasteiger partial charge in [0.2, 0.25) is 0 Å². The van der Waals surface area contributed by atoms with Crippen molar-refractivity contribution in [3.63, 3.8) is 0 Å². The Bertz CT molecular complexity index is 1150. The number of fused-ring (bicyclic) bond motifs is 1. The number of aromatic nitrogens is 2. The van der Waals surface area contributed by atoms with Gasteiger partial charge in [-0.3, -0.25) is 4.79 Å². The van der Waals surface area contributed by atoms with Crippen molar-refractivity contribution < 1.29 is 4.74 Å². The maximum Gasteiger partial charge on any atom is 0.292 e. The Balaban J connectivity index is 1.67. The van der Waals surface area contributed by atoms with E-state index in [4.69, 9.17) is 22.1 Å². The summed E-state index contributed by atoms with van der Waals surface area (Å²) in [4.78, 5) is 15.8. The molecule has 9 heteroatoms. The molecule has 0 saturated carbocycles. The molecule has 1 aliphatic rings. The Hall–Kier alpha value is -3.02. The van der Waals surface area contributed by atoms with Crippen LogP contribution < -0.4 is 20.9 Å². The van der Waals surface area contributed by atoms with Crippen LogP contribution in [0.25, 0.3) is 5.69 Å². The van der Waals surface area contributed by atoms with E-state index in [1.165, 1.54) is 16.0 Å². The van der Waals surface area contributed by atoms with Crippen molar-refractivity contribution in [3.05, 3.63) is 61.8 Å². The maximum absolute atomic E-state index is 12.8. The van der Waals surface area contributed by atoms with Crippen LogP contribution in [-0.2, 0) is 13.0 Å². The minimum Gasteiger partial charge on any atom is -0.497 e. The third-order valence-corrected chi connectivity index (χ3v) is 6.16. The first-order chi connectivity index (χ1) is 13.5.